The minimum absolute atomic E-state index is 0.0587. The van der Waals surface area contributed by atoms with Crippen molar-refractivity contribution in [2.45, 2.75) is 13.3 Å². The number of nitrogens with one attached hydrogen (secondary N) is 1. The fourth-order valence-corrected chi connectivity index (χ4v) is 5.35. The van der Waals surface area contributed by atoms with Crippen molar-refractivity contribution in [3.63, 3.8) is 0 Å². The maximum Gasteiger partial charge on any atom is 0.234 e. The Bertz CT molecular complexity index is 1400. The number of aryl methyl sites for hydroxylation is 1. The minimum Gasteiger partial charge on any atom is -0.395 e. The van der Waals surface area contributed by atoms with Crippen molar-refractivity contribution in [3.8, 4) is 11.3 Å². The van der Waals surface area contributed by atoms with Crippen LogP contribution in [-0.2, 0) is 11.2 Å². The summed E-state index contributed by atoms with van der Waals surface area (Å²) in [6.45, 7) is 5.60. The third kappa shape index (κ3) is 5.47. The first-order valence-electron chi connectivity index (χ1n) is 12.7. The summed E-state index contributed by atoms with van der Waals surface area (Å²) in [4.78, 5) is 27.9. The largest absolute Gasteiger partial charge is 0.395 e. The Kier molecular flexibility index (Phi) is 7.82. The summed E-state index contributed by atoms with van der Waals surface area (Å²) < 4.78 is 15.2. The topological polar surface area (TPSA) is 102 Å². The molecule has 1 aromatic carbocycles. The lowest BCUT2D eigenvalue weighted by molar-refractivity contribution is -0.122. The van der Waals surface area contributed by atoms with Crippen LogP contribution >= 0.6 is 11.3 Å². The molecule has 1 amide bonds. The predicted molar refractivity (Wildman–Crippen MR) is 147 cm³/mol. The van der Waals surface area contributed by atoms with E-state index in [-0.39, 0.29) is 24.9 Å². The molecule has 4 heterocycles. The SMILES string of the molecule is CCc1nc2ccc(N3CCN(CC(=O)NCCO)CC3)nn2c1N(C)c1nc(-c2ccc(F)cc2)cs1. The quantitative estimate of drug-likeness (QED) is 0.335. The van der Waals surface area contributed by atoms with Gasteiger partial charge in [0.2, 0.25) is 5.91 Å². The number of aliphatic hydroxyl groups is 1. The molecule has 12 heteroatoms. The van der Waals surface area contributed by atoms with Crippen LogP contribution in [0.5, 0.6) is 0 Å². The Morgan fingerprint density at radius 3 is 2.61 bits per heavy atom. The van der Waals surface area contributed by atoms with Crippen LogP contribution in [0.1, 0.15) is 12.6 Å². The molecule has 10 nitrogen and oxygen atoms in total. The van der Waals surface area contributed by atoms with Gasteiger partial charge in [-0.1, -0.05) is 6.92 Å². The van der Waals surface area contributed by atoms with Gasteiger partial charge >= 0.3 is 0 Å². The maximum atomic E-state index is 13.4. The van der Waals surface area contributed by atoms with Gasteiger partial charge in [-0.2, -0.15) is 4.52 Å². The highest BCUT2D eigenvalue weighted by atomic mass is 32.1. The van der Waals surface area contributed by atoms with E-state index in [9.17, 15) is 9.18 Å². The summed E-state index contributed by atoms with van der Waals surface area (Å²) in [5.41, 5.74) is 3.35. The highest BCUT2D eigenvalue weighted by Gasteiger charge is 2.23. The van der Waals surface area contributed by atoms with Gasteiger partial charge in [0.25, 0.3) is 0 Å². The number of hydrogen-bond donors (Lipinski definition) is 2. The zero-order valence-corrected chi connectivity index (χ0v) is 22.3. The number of halogens is 1. The average molecular weight is 539 g/mol. The lowest BCUT2D eigenvalue weighted by Crippen LogP contribution is -2.50. The van der Waals surface area contributed by atoms with E-state index in [1.54, 1.807) is 12.1 Å². The van der Waals surface area contributed by atoms with Crippen LogP contribution in [0.25, 0.3) is 16.9 Å². The minimum atomic E-state index is -0.272. The molecule has 0 atom stereocenters. The number of carbonyl (C=O) groups is 1. The van der Waals surface area contributed by atoms with Gasteiger partial charge in [0.1, 0.15) is 11.6 Å². The molecule has 5 rings (SSSR count). The van der Waals surface area contributed by atoms with E-state index >= 15 is 0 Å². The Labute approximate surface area is 224 Å². The van der Waals surface area contributed by atoms with Crippen LogP contribution in [0.4, 0.5) is 21.2 Å². The van der Waals surface area contributed by atoms with Gasteiger partial charge in [0, 0.05) is 50.7 Å². The molecule has 1 aliphatic rings. The number of thiazole rings is 1. The molecule has 38 heavy (non-hydrogen) atoms. The first-order chi connectivity index (χ1) is 18.5. The standard InChI is InChI=1S/C26H31FN8O2S/c1-3-20-25(32(2)26-30-21(17-38-26)18-4-6-19(27)7-5-18)35-22(29-20)8-9-23(31-35)34-13-11-33(12-14-34)16-24(37)28-10-15-36/h4-9,17,36H,3,10-16H2,1-2H3,(H,28,37). The summed E-state index contributed by atoms with van der Waals surface area (Å²) >= 11 is 1.51. The van der Waals surface area contributed by atoms with Crippen molar-refractivity contribution < 1.29 is 14.3 Å². The number of aliphatic hydroxyl groups excluding tert-OH is 1. The van der Waals surface area contributed by atoms with Crippen LogP contribution in [0.15, 0.2) is 41.8 Å². The van der Waals surface area contributed by atoms with Crippen molar-refractivity contribution in [1.29, 1.82) is 0 Å². The first kappa shape index (κ1) is 26.0. The number of fused-ring (bicyclic) bond motifs is 1. The van der Waals surface area contributed by atoms with E-state index in [4.69, 9.17) is 20.2 Å². The predicted octanol–water partition coefficient (Wildman–Crippen LogP) is 2.55. The molecule has 200 valence electrons. The van der Waals surface area contributed by atoms with Crippen LogP contribution in [0.2, 0.25) is 0 Å². The molecular weight excluding hydrogens is 507 g/mol. The van der Waals surface area contributed by atoms with Crippen LogP contribution in [-0.4, -0.2) is 88.4 Å². The Morgan fingerprint density at radius 2 is 1.89 bits per heavy atom. The smallest absolute Gasteiger partial charge is 0.234 e. The van der Waals surface area contributed by atoms with Gasteiger partial charge in [-0.15, -0.1) is 16.4 Å². The van der Waals surface area contributed by atoms with E-state index < -0.39 is 0 Å². The van der Waals surface area contributed by atoms with E-state index in [0.29, 0.717) is 6.54 Å². The molecule has 3 aromatic heterocycles. The Balaban J connectivity index is 1.35. The van der Waals surface area contributed by atoms with E-state index in [2.05, 4.69) is 22.0 Å². The van der Waals surface area contributed by atoms with Gasteiger partial charge in [0.05, 0.1) is 24.5 Å². The third-order valence-corrected chi connectivity index (χ3v) is 7.50. The molecule has 0 radical (unpaired) electrons. The lowest BCUT2D eigenvalue weighted by atomic mass is 10.2. The number of carbonyl (C=O) groups excluding carboxylic acids is 1. The molecule has 0 unspecified atom stereocenters. The normalized spacial score (nSPS) is 14.3. The summed E-state index contributed by atoms with van der Waals surface area (Å²) in [6, 6.07) is 10.3. The molecule has 2 N–H and O–H groups in total. The van der Waals surface area contributed by atoms with Crippen molar-refractivity contribution in [2.75, 3.05) is 62.7 Å². The molecule has 0 aliphatic carbocycles. The van der Waals surface area contributed by atoms with E-state index in [1.165, 1.54) is 23.5 Å². The number of nitrogens with zero attached hydrogens (tertiary/aromatic N) is 7. The molecule has 1 saturated heterocycles. The number of benzene rings is 1. The van der Waals surface area contributed by atoms with Gasteiger partial charge in [0.15, 0.2) is 16.6 Å². The van der Waals surface area contributed by atoms with Crippen molar-refractivity contribution in [2.24, 2.45) is 0 Å². The number of rotatable bonds is 9. The van der Waals surface area contributed by atoms with Gasteiger partial charge < -0.3 is 20.2 Å². The van der Waals surface area contributed by atoms with Crippen molar-refractivity contribution in [1.82, 2.24) is 29.8 Å². The molecule has 0 bridgehead atoms. The number of anilines is 3. The number of imidazole rings is 1. The van der Waals surface area contributed by atoms with Crippen LogP contribution in [0.3, 0.4) is 0 Å². The maximum absolute atomic E-state index is 13.4. The summed E-state index contributed by atoms with van der Waals surface area (Å²) in [6.07, 6.45) is 0.742. The molecule has 4 aromatic rings. The van der Waals surface area contributed by atoms with E-state index in [1.807, 2.05) is 34.0 Å². The second kappa shape index (κ2) is 11.4. The van der Waals surface area contributed by atoms with Crippen molar-refractivity contribution in [3.05, 3.63) is 53.3 Å². The summed E-state index contributed by atoms with van der Waals surface area (Å²) in [7, 11) is 1.96. The number of amides is 1. The summed E-state index contributed by atoms with van der Waals surface area (Å²) in [5.74, 6) is 1.37. The van der Waals surface area contributed by atoms with Gasteiger partial charge in [-0.25, -0.2) is 14.4 Å². The molecule has 1 fully saturated rings. The highest BCUT2D eigenvalue weighted by Crippen LogP contribution is 2.33. The van der Waals surface area contributed by atoms with Gasteiger partial charge in [-0.3, -0.25) is 9.69 Å². The highest BCUT2D eigenvalue weighted by molar-refractivity contribution is 7.14. The summed E-state index contributed by atoms with van der Waals surface area (Å²) in [5, 5.41) is 19.3. The Hall–Kier alpha value is -3.61. The third-order valence-electron chi connectivity index (χ3n) is 6.58. The fourth-order valence-electron chi connectivity index (χ4n) is 4.55. The number of piperazine rings is 1. The van der Waals surface area contributed by atoms with Gasteiger partial charge in [-0.05, 0) is 42.8 Å². The molecule has 0 saturated carbocycles. The lowest BCUT2D eigenvalue weighted by Gasteiger charge is -2.34. The Morgan fingerprint density at radius 1 is 1.13 bits per heavy atom. The second-order valence-corrected chi connectivity index (χ2v) is 9.95. The fraction of sp³-hybridized carbons (Fsp3) is 0.385. The average Bonchev–Trinajstić information content (AvgIpc) is 3.57. The first-order valence-corrected chi connectivity index (χ1v) is 13.5. The number of hydrogen-bond acceptors (Lipinski definition) is 9. The molecular formula is C26H31FN8O2S. The zero-order valence-electron chi connectivity index (χ0n) is 21.5. The number of aromatic nitrogens is 4. The van der Waals surface area contributed by atoms with E-state index in [0.717, 1.165) is 72.0 Å². The van der Waals surface area contributed by atoms with Crippen LogP contribution in [0, 0.1) is 5.82 Å². The monoisotopic (exact) mass is 538 g/mol. The zero-order chi connectivity index (χ0) is 26.6. The van der Waals surface area contributed by atoms with Crippen molar-refractivity contribution >= 4 is 39.7 Å². The van der Waals surface area contributed by atoms with Crippen LogP contribution < -0.4 is 15.1 Å². The molecule has 0 spiro atoms. The molecule has 1 aliphatic heterocycles. The second-order valence-electron chi connectivity index (χ2n) is 9.12.